The van der Waals surface area contributed by atoms with Gasteiger partial charge in [-0.2, -0.15) is 0 Å². The van der Waals surface area contributed by atoms with Gasteiger partial charge >= 0.3 is 6.09 Å². The minimum absolute atomic E-state index is 0.255. The molecule has 2 fully saturated rings. The number of thiophene rings is 1. The van der Waals surface area contributed by atoms with Crippen molar-refractivity contribution < 1.29 is 9.53 Å². The number of nitrogens with zero attached hydrogens (tertiary/aromatic N) is 1. The first-order valence-corrected chi connectivity index (χ1v) is 9.37. The fourth-order valence-corrected chi connectivity index (χ4v) is 4.66. The van der Waals surface area contributed by atoms with Crippen molar-refractivity contribution in [3.63, 3.8) is 0 Å². The van der Waals surface area contributed by atoms with E-state index < -0.39 is 0 Å². The number of amides is 1. The second-order valence-corrected chi connectivity index (χ2v) is 7.86. The molecule has 24 heavy (non-hydrogen) atoms. The Morgan fingerprint density at radius 3 is 2.79 bits per heavy atom. The Morgan fingerprint density at radius 1 is 1.12 bits per heavy atom. The van der Waals surface area contributed by atoms with Gasteiger partial charge < -0.3 is 10.1 Å². The van der Waals surface area contributed by atoms with Gasteiger partial charge in [0.05, 0.1) is 6.54 Å². The first-order chi connectivity index (χ1) is 11.7. The summed E-state index contributed by atoms with van der Waals surface area (Å²) in [7, 11) is 0. The van der Waals surface area contributed by atoms with Crippen LogP contribution in [0.25, 0.3) is 10.4 Å². The Hall–Kier alpha value is -1.85. The van der Waals surface area contributed by atoms with Gasteiger partial charge in [-0.05, 0) is 37.1 Å². The lowest BCUT2D eigenvalue weighted by Gasteiger charge is -2.24. The summed E-state index contributed by atoms with van der Waals surface area (Å²) in [6, 6.07) is 15.0. The van der Waals surface area contributed by atoms with E-state index in [0.29, 0.717) is 6.54 Å². The molecule has 4 rings (SSSR count). The second-order valence-electron chi connectivity index (χ2n) is 6.69. The average molecular weight is 342 g/mol. The van der Waals surface area contributed by atoms with E-state index in [0.717, 1.165) is 38.9 Å². The lowest BCUT2D eigenvalue weighted by Crippen LogP contribution is -2.34. The van der Waals surface area contributed by atoms with Gasteiger partial charge in [-0.3, -0.25) is 4.90 Å². The summed E-state index contributed by atoms with van der Waals surface area (Å²) in [5.74, 6) is 0. The van der Waals surface area contributed by atoms with E-state index in [1.165, 1.54) is 15.3 Å². The number of benzene rings is 1. The molecule has 2 aliphatic rings. The van der Waals surface area contributed by atoms with E-state index >= 15 is 0 Å². The predicted molar refractivity (Wildman–Crippen MR) is 96.1 cm³/mol. The topological polar surface area (TPSA) is 41.6 Å². The third kappa shape index (κ3) is 3.32. The molecule has 0 aliphatic carbocycles. The monoisotopic (exact) mass is 342 g/mol. The van der Waals surface area contributed by atoms with Crippen LogP contribution in [0, 0.1) is 0 Å². The summed E-state index contributed by atoms with van der Waals surface area (Å²) >= 11 is 1.87. The zero-order chi connectivity index (χ0) is 16.4. The van der Waals surface area contributed by atoms with E-state index in [1.807, 2.05) is 11.3 Å². The van der Waals surface area contributed by atoms with Crippen LogP contribution in [0.2, 0.25) is 0 Å². The second kappa shape index (κ2) is 6.57. The number of carbonyl (C=O) groups is 1. The molecule has 1 amide bonds. The van der Waals surface area contributed by atoms with Crippen LogP contribution < -0.4 is 5.32 Å². The summed E-state index contributed by atoms with van der Waals surface area (Å²) in [6.45, 7) is 3.69. The normalized spacial score (nSPS) is 24.6. The van der Waals surface area contributed by atoms with Crippen LogP contribution in [0.15, 0.2) is 42.5 Å². The Bertz CT molecular complexity index is 715. The molecule has 0 saturated carbocycles. The standard InChI is InChI=1S/C19H22N2O2S/c22-18-20-14-19(23-18)9-4-11-21(12-10-19)13-16-7-8-17(24-16)15-5-2-1-3-6-15/h1-3,5-8H,4,9-14H2,(H,20,22). The Labute approximate surface area is 146 Å². The number of carbonyl (C=O) groups excluding carboxylic acids is 1. The Kier molecular flexibility index (Phi) is 4.29. The van der Waals surface area contributed by atoms with E-state index in [2.05, 4.69) is 52.7 Å². The largest absolute Gasteiger partial charge is 0.441 e. The van der Waals surface area contributed by atoms with Crippen LogP contribution in [0.3, 0.4) is 0 Å². The molecule has 1 aromatic heterocycles. The minimum atomic E-state index is -0.267. The molecule has 1 N–H and O–H groups in total. The number of hydrogen-bond acceptors (Lipinski definition) is 4. The molecule has 0 bridgehead atoms. The van der Waals surface area contributed by atoms with Crippen LogP contribution >= 0.6 is 11.3 Å². The van der Waals surface area contributed by atoms with Crippen molar-refractivity contribution >= 4 is 17.4 Å². The summed E-state index contributed by atoms with van der Waals surface area (Å²) in [6.07, 6.45) is 2.70. The van der Waals surface area contributed by atoms with Gasteiger partial charge in [0.15, 0.2) is 0 Å². The molecule has 3 heterocycles. The first-order valence-electron chi connectivity index (χ1n) is 8.56. The molecule has 2 aromatic rings. The summed E-state index contributed by atoms with van der Waals surface area (Å²) in [4.78, 5) is 16.6. The van der Waals surface area contributed by atoms with Gasteiger partial charge in [0.2, 0.25) is 0 Å². The van der Waals surface area contributed by atoms with E-state index in [4.69, 9.17) is 4.74 Å². The lowest BCUT2D eigenvalue weighted by atomic mass is 9.95. The van der Waals surface area contributed by atoms with Crippen LogP contribution in [0.5, 0.6) is 0 Å². The predicted octanol–water partition coefficient (Wildman–Crippen LogP) is 3.88. The van der Waals surface area contributed by atoms with Crippen molar-refractivity contribution in [2.75, 3.05) is 19.6 Å². The van der Waals surface area contributed by atoms with Gasteiger partial charge in [0.25, 0.3) is 0 Å². The van der Waals surface area contributed by atoms with Crippen molar-refractivity contribution in [2.24, 2.45) is 0 Å². The Balaban J connectivity index is 1.39. The molecule has 1 aromatic carbocycles. The molecule has 2 saturated heterocycles. The SMILES string of the molecule is O=C1NCC2(CCCN(Cc3ccc(-c4ccccc4)s3)CC2)O1. The fraction of sp³-hybridized carbons (Fsp3) is 0.421. The smallest absolute Gasteiger partial charge is 0.407 e. The summed E-state index contributed by atoms with van der Waals surface area (Å²) in [5.41, 5.74) is 1.02. The number of ether oxygens (including phenoxy) is 1. The highest BCUT2D eigenvalue weighted by molar-refractivity contribution is 7.15. The first kappa shape index (κ1) is 15.7. The number of nitrogens with one attached hydrogen (secondary N) is 1. The number of rotatable bonds is 3. The quantitative estimate of drug-likeness (QED) is 0.920. The molecule has 1 unspecified atom stereocenters. The summed E-state index contributed by atoms with van der Waals surface area (Å²) in [5, 5.41) is 2.82. The van der Waals surface area contributed by atoms with Crippen LogP contribution in [-0.2, 0) is 11.3 Å². The van der Waals surface area contributed by atoms with Gasteiger partial charge in [0, 0.05) is 29.3 Å². The maximum Gasteiger partial charge on any atom is 0.407 e. The van der Waals surface area contributed by atoms with Gasteiger partial charge in [0.1, 0.15) is 5.60 Å². The third-order valence-electron chi connectivity index (χ3n) is 4.95. The van der Waals surface area contributed by atoms with Gasteiger partial charge in [-0.15, -0.1) is 11.3 Å². The van der Waals surface area contributed by atoms with Crippen molar-refractivity contribution in [3.05, 3.63) is 47.3 Å². The number of likely N-dealkylation sites (tertiary alicyclic amines) is 1. The maximum absolute atomic E-state index is 11.4. The highest BCUT2D eigenvalue weighted by atomic mass is 32.1. The van der Waals surface area contributed by atoms with E-state index in [1.54, 1.807) is 0 Å². The molecular weight excluding hydrogens is 320 g/mol. The highest BCUT2D eigenvalue weighted by Crippen LogP contribution is 2.32. The van der Waals surface area contributed by atoms with Gasteiger partial charge in [-0.25, -0.2) is 4.79 Å². The zero-order valence-electron chi connectivity index (χ0n) is 13.7. The van der Waals surface area contributed by atoms with Gasteiger partial charge in [-0.1, -0.05) is 30.3 Å². The summed E-state index contributed by atoms with van der Waals surface area (Å²) < 4.78 is 5.56. The molecule has 0 radical (unpaired) electrons. The van der Waals surface area contributed by atoms with Crippen molar-refractivity contribution in [2.45, 2.75) is 31.4 Å². The maximum atomic E-state index is 11.4. The van der Waals surface area contributed by atoms with Crippen LogP contribution in [-0.4, -0.2) is 36.2 Å². The Morgan fingerprint density at radius 2 is 2.00 bits per heavy atom. The van der Waals surface area contributed by atoms with E-state index in [9.17, 15) is 4.79 Å². The molecule has 2 aliphatic heterocycles. The minimum Gasteiger partial charge on any atom is -0.441 e. The number of hydrogen-bond donors (Lipinski definition) is 1. The van der Waals surface area contributed by atoms with E-state index in [-0.39, 0.29) is 11.7 Å². The van der Waals surface area contributed by atoms with Crippen molar-refractivity contribution in [1.29, 1.82) is 0 Å². The fourth-order valence-electron chi connectivity index (χ4n) is 3.60. The molecule has 126 valence electrons. The third-order valence-corrected chi connectivity index (χ3v) is 6.07. The van der Waals surface area contributed by atoms with Crippen LogP contribution in [0.4, 0.5) is 4.79 Å². The average Bonchev–Trinajstić information content (AvgIpc) is 3.15. The van der Waals surface area contributed by atoms with Crippen molar-refractivity contribution in [1.82, 2.24) is 10.2 Å². The highest BCUT2D eigenvalue weighted by Gasteiger charge is 2.41. The molecule has 5 heteroatoms. The van der Waals surface area contributed by atoms with Crippen LogP contribution in [0.1, 0.15) is 24.1 Å². The lowest BCUT2D eigenvalue weighted by molar-refractivity contribution is 0.0443. The molecule has 1 atom stereocenters. The molecule has 1 spiro atoms. The zero-order valence-corrected chi connectivity index (χ0v) is 14.5. The number of alkyl carbamates (subject to hydrolysis) is 1. The van der Waals surface area contributed by atoms with Crippen molar-refractivity contribution in [3.8, 4) is 10.4 Å². The molecule has 4 nitrogen and oxygen atoms in total. The molecular formula is C19H22N2O2S.